The highest BCUT2D eigenvalue weighted by Crippen LogP contribution is 2.63. The molecule has 232 valence electrons. The fourth-order valence-corrected chi connectivity index (χ4v) is 7.02. The molecule has 2 bridgehead atoms. The summed E-state index contributed by atoms with van der Waals surface area (Å²) >= 11 is 0. The molecule has 10 heteroatoms. The minimum absolute atomic E-state index is 0.0515. The van der Waals surface area contributed by atoms with Gasteiger partial charge in [-0.15, -0.1) is 0 Å². The lowest BCUT2D eigenvalue weighted by Crippen LogP contribution is -2.60. The molecule has 7 rings (SSSR count). The van der Waals surface area contributed by atoms with Crippen LogP contribution in [-0.4, -0.2) is 47.1 Å². The zero-order valence-electron chi connectivity index (χ0n) is 25.9. The maximum Gasteiger partial charge on any atom is 0.354 e. The van der Waals surface area contributed by atoms with Crippen molar-refractivity contribution in [2.45, 2.75) is 64.7 Å². The standard InChI is InChI=1S/C34H38FN3O6/c1-20-29(28(38(36-20)34-15-23(16-34)17-34)19-43-18-22-8-10-24(41-4)11-9-22)30-27(35)13-12-26-25(7-6-14-44-21(2)39)32(33(40)42-5)37(3)31(26)30/h8-13,23H,6-7,14-19H2,1-5H3. The second-order valence-corrected chi connectivity index (χ2v) is 12.0. The van der Waals surface area contributed by atoms with Gasteiger partial charge in [-0.1, -0.05) is 12.1 Å². The van der Waals surface area contributed by atoms with Crippen molar-refractivity contribution in [1.82, 2.24) is 14.3 Å². The SMILES string of the molecule is COC(=O)c1c(CCCOC(C)=O)c2ccc(F)c(-c3c(C)nn(C45CC(C4)C5)c3COCc3ccc(OC)cc3)c2n1C. The van der Waals surface area contributed by atoms with Crippen LogP contribution in [0.3, 0.4) is 0 Å². The van der Waals surface area contributed by atoms with Crippen molar-refractivity contribution in [2.75, 3.05) is 20.8 Å². The molecule has 0 amide bonds. The number of halogens is 1. The van der Waals surface area contributed by atoms with E-state index in [1.807, 2.05) is 31.2 Å². The van der Waals surface area contributed by atoms with Gasteiger partial charge in [-0.2, -0.15) is 5.10 Å². The Morgan fingerprint density at radius 3 is 2.39 bits per heavy atom. The van der Waals surface area contributed by atoms with Crippen molar-refractivity contribution < 1.29 is 32.9 Å². The molecule has 0 N–H and O–H groups in total. The molecule has 0 spiro atoms. The number of carbonyl (C=O) groups is 2. The first-order valence-corrected chi connectivity index (χ1v) is 15.0. The summed E-state index contributed by atoms with van der Waals surface area (Å²) in [6, 6.07) is 10.9. The summed E-state index contributed by atoms with van der Waals surface area (Å²) in [5.74, 6) is 0.218. The number of benzene rings is 2. The lowest BCUT2D eigenvalue weighted by atomic mass is 9.50. The number of aromatic nitrogens is 3. The molecule has 3 aliphatic carbocycles. The highest BCUT2D eigenvalue weighted by Gasteiger charge is 2.59. The zero-order chi connectivity index (χ0) is 31.2. The lowest BCUT2D eigenvalue weighted by Gasteiger charge is -2.61. The predicted octanol–water partition coefficient (Wildman–Crippen LogP) is 6.01. The molecule has 3 saturated carbocycles. The Morgan fingerprint density at radius 2 is 1.77 bits per heavy atom. The van der Waals surface area contributed by atoms with Crippen LogP contribution in [0.4, 0.5) is 4.39 Å². The molecule has 9 nitrogen and oxygen atoms in total. The van der Waals surface area contributed by atoms with Gasteiger partial charge in [0.05, 0.1) is 56.5 Å². The minimum atomic E-state index is -0.512. The molecule has 0 unspecified atom stereocenters. The van der Waals surface area contributed by atoms with E-state index in [1.54, 1.807) is 24.8 Å². The fraction of sp³-hybridized carbons (Fsp3) is 0.441. The van der Waals surface area contributed by atoms with Crippen molar-refractivity contribution in [1.29, 1.82) is 0 Å². The second-order valence-electron chi connectivity index (χ2n) is 12.0. The third-order valence-electron chi connectivity index (χ3n) is 9.19. The molecule has 0 radical (unpaired) electrons. The van der Waals surface area contributed by atoms with Gasteiger partial charge in [-0.25, -0.2) is 9.18 Å². The summed E-state index contributed by atoms with van der Waals surface area (Å²) in [5, 5.41) is 5.75. The molecular weight excluding hydrogens is 565 g/mol. The summed E-state index contributed by atoms with van der Waals surface area (Å²) in [6.45, 7) is 4.10. The van der Waals surface area contributed by atoms with Gasteiger partial charge in [0, 0.05) is 30.5 Å². The summed E-state index contributed by atoms with van der Waals surface area (Å²) in [5.41, 5.74) is 5.23. The number of fused-ring (bicyclic) bond motifs is 1. The number of rotatable bonds is 12. The number of hydrogen-bond acceptors (Lipinski definition) is 7. The molecule has 44 heavy (non-hydrogen) atoms. The molecule has 3 fully saturated rings. The highest BCUT2D eigenvalue weighted by molar-refractivity contribution is 6.05. The largest absolute Gasteiger partial charge is 0.497 e. The van der Waals surface area contributed by atoms with Crippen LogP contribution in [0, 0.1) is 18.7 Å². The van der Waals surface area contributed by atoms with E-state index in [9.17, 15) is 9.59 Å². The van der Waals surface area contributed by atoms with Crippen LogP contribution in [0.25, 0.3) is 22.0 Å². The number of aryl methyl sites for hydroxylation is 3. The maximum atomic E-state index is 16.2. The van der Waals surface area contributed by atoms with E-state index in [-0.39, 0.29) is 24.7 Å². The number of esters is 2. The first kappa shape index (κ1) is 29.9. The number of ether oxygens (including phenoxy) is 4. The van der Waals surface area contributed by atoms with Crippen LogP contribution < -0.4 is 4.74 Å². The van der Waals surface area contributed by atoms with Gasteiger partial charge in [0.15, 0.2) is 0 Å². The van der Waals surface area contributed by atoms with Gasteiger partial charge in [0.1, 0.15) is 17.3 Å². The molecule has 2 aromatic carbocycles. The molecule has 4 aromatic rings. The molecular formula is C34H38FN3O6. The van der Waals surface area contributed by atoms with Crippen molar-refractivity contribution in [2.24, 2.45) is 13.0 Å². The third-order valence-corrected chi connectivity index (χ3v) is 9.19. The Morgan fingerprint density at radius 1 is 1.05 bits per heavy atom. The Labute approximate surface area is 255 Å². The van der Waals surface area contributed by atoms with Gasteiger partial charge in [-0.3, -0.25) is 9.48 Å². The van der Waals surface area contributed by atoms with E-state index in [1.165, 1.54) is 20.1 Å². The van der Waals surface area contributed by atoms with E-state index in [4.69, 9.17) is 24.0 Å². The Balaban J connectivity index is 1.44. The molecule has 2 heterocycles. The van der Waals surface area contributed by atoms with Crippen LogP contribution >= 0.6 is 0 Å². The quantitative estimate of drug-likeness (QED) is 0.145. The summed E-state index contributed by atoms with van der Waals surface area (Å²) in [6.07, 6.45) is 4.14. The number of nitrogens with zero attached hydrogens (tertiary/aromatic N) is 3. The van der Waals surface area contributed by atoms with E-state index < -0.39 is 11.8 Å². The fourth-order valence-electron chi connectivity index (χ4n) is 7.02. The van der Waals surface area contributed by atoms with E-state index in [0.717, 1.165) is 53.1 Å². The van der Waals surface area contributed by atoms with E-state index in [0.29, 0.717) is 47.5 Å². The van der Waals surface area contributed by atoms with Crippen LogP contribution in [0.2, 0.25) is 0 Å². The van der Waals surface area contributed by atoms with E-state index in [2.05, 4.69) is 4.68 Å². The van der Waals surface area contributed by atoms with Crippen molar-refractivity contribution in [3.63, 3.8) is 0 Å². The number of carbonyl (C=O) groups excluding carboxylic acids is 2. The molecule has 0 aliphatic heterocycles. The van der Waals surface area contributed by atoms with Crippen LogP contribution in [0.15, 0.2) is 36.4 Å². The van der Waals surface area contributed by atoms with E-state index >= 15 is 4.39 Å². The molecule has 0 saturated heterocycles. The summed E-state index contributed by atoms with van der Waals surface area (Å²) in [4.78, 5) is 24.4. The highest BCUT2D eigenvalue weighted by atomic mass is 19.1. The summed E-state index contributed by atoms with van der Waals surface area (Å²) in [7, 11) is 4.72. The average molecular weight is 604 g/mol. The molecule has 3 aliphatic rings. The van der Waals surface area contributed by atoms with Crippen molar-refractivity contribution >= 4 is 22.8 Å². The van der Waals surface area contributed by atoms with Crippen molar-refractivity contribution in [3.05, 3.63) is 70.4 Å². The maximum absolute atomic E-state index is 16.2. The second kappa shape index (κ2) is 11.7. The predicted molar refractivity (Wildman–Crippen MR) is 162 cm³/mol. The number of methoxy groups -OCH3 is 2. The van der Waals surface area contributed by atoms with Gasteiger partial charge in [0.25, 0.3) is 0 Å². The normalized spacial score (nSPS) is 18.5. The molecule has 0 atom stereocenters. The Kier molecular flexibility index (Phi) is 7.96. The van der Waals surface area contributed by atoms with Gasteiger partial charge in [0.2, 0.25) is 0 Å². The first-order chi connectivity index (χ1) is 21.2. The Hall–Kier alpha value is -4.18. The lowest BCUT2D eigenvalue weighted by molar-refractivity contribution is -0.141. The van der Waals surface area contributed by atoms with Crippen molar-refractivity contribution in [3.8, 4) is 16.9 Å². The third kappa shape index (κ3) is 5.04. The van der Waals surface area contributed by atoms with Crippen LogP contribution in [0.5, 0.6) is 5.75 Å². The summed E-state index contributed by atoms with van der Waals surface area (Å²) < 4.78 is 41.8. The van der Waals surface area contributed by atoms with Gasteiger partial charge in [-0.05, 0) is 80.3 Å². The zero-order valence-corrected chi connectivity index (χ0v) is 25.9. The monoisotopic (exact) mass is 603 g/mol. The number of hydrogen-bond donors (Lipinski definition) is 0. The minimum Gasteiger partial charge on any atom is -0.497 e. The first-order valence-electron chi connectivity index (χ1n) is 15.0. The van der Waals surface area contributed by atoms with Crippen LogP contribution in [0.1, 0.15) is 65.6 Å². The van der Waals surface area contributed by atoms with Crippen LogP contribution in [-0.2, 0) is 51.2 Å². The smallest absolute Gasteiger partial charge is 0.354 e. The topological polar surface area (TPSA) is 93.8 Å². The Bertz CT molecular complexity index is 1720. The molecule has 2 aromatic heterocycles. The average Bonchev–Trinajstić information content (AvgIpc) is 3.42. The van der Waals surface area contributed by atoms with Gasteiger partial charge >= 0.3 is 11.9 Å². The van der Waals surface area contributed by atoms with Gasteiger partial charge < -0.3 is 23.5 Å².